The van der Waals surface area contributed by atoms with E-state index in [4.69, 9.17) is 0 Å². The second-order valence-electron chi connectivity index (χ2n) is 3.66. The van der Waals surface area contributed by atoms with E-state index in [-0.39, 0.29) is 11.7 Å². The summed E-state index contributed by atoms with van der Waals surface area (Å²) in [6.07, 6.45) is 0.901. The van der Waals surface area contributed by atoms with Crippen molar-refractivity contribution < 1.29 is 13.2 Å². The van der Waals surface area contributed by atoms with Gasteiger partial charge in [-0.3, -0.25) is 4.99 Å². The summed E-state index contributed by atoms with van der Waals surface area (Å²) in [6.45, 7) is 2.01. The van der Waals surface area contributed by atoms with Gasteiger partial charge in [-0.05, 0) is 18.6 Å². The molecule has 17 heavy (non-hydrogen) atoms. The van der Waals surface area contributed by atoms with Gasteiger partial charge in [-0.15, -0.1) is 0 Å². The number of nitrogens with zero attached hydrogens (tertiary/aromatic N) is 1. The molecule has 0 radical (unpaired) electrons. The van der Waals surface area contributed by atoms with Gasteiger partial charge in [-0.25, -0.2) is 13.2 Å². The number of aliphatic imine (C=N–C) groups is 1. The molecule has 6 heteroatoms. The van der Waals surface area contributed by atoms with Crippen LogP contribution < -0.4 is 5.32 Å². The van der Waals surface area contributed by atoms with Gasteiger partial charge in [0.2, 0.25) is 0 Å². The molecular formula is C11H11F3N2S. The molecule has 1 aromatic carbocycles. The van der Waals surface area contributed by atoms with Gasteiger partial charge in [-0.2, -0.15) is 0 Å². The number of thioether (sulfide) groups is 1. The van der Waals surface area contributed by atoms with Crippen LogP contribution in [-0.4, -0.2) is 17.0 Å². The van der Waals surface area contributed by atoms with Gasteiger partial charge < -0.3 is 5.32 Å². The van der Waals surface area contributed by atoms with Crippen LogP contribution in [0, 0.1) is 17.5 Å². The van der Waals surface area contributed by atoms with Crippen LogP contribution in [0.1, 0.15) is 13.3 Å². The molecule has 1 heterocycles. The quantitative estimate of drug-likeness (QED) is 0.824. The highest BCUT2D eigenvalue weighted by Gasteiger charge is 2.19. The molecule has 0 spiro atoms. The molecule has 1 aliphatic rings. The number of hydrogen-bond donors (Lipinski definition) is 1. The Balaban J connectivity index is 2.17. The Morgan fingerprint density at radius 3 is 2.76 bits per heavy atom. The van der Waals surface area contributed by atoms with Gasteiger partial charge >= 0.3 is 0 Å². The first-order valence-corrected chi connectivity index (χ1v) is 6.21. The zero-order valence-corrected chi connectivity index (χ0v) is 9.95. The number of benzene rings is 1. The van der Waals surface area contributed by atoms with Crippen molar-refractivity contribution in [2.75, 3.05) is 11.1 Å². The van der Waals surface area contributed by atoms with E-state index in [1.807, 2.05) is 6.92 Å². The summed E-state index contributed by atoms with van der Waals surface area (Å²) in [4.78, 5) is 4.28. The van der Waals surface area contributed by atoms with Gasteiger partial charge in [0.05, 0.1) is 11.7 Å². The first-order chi connectivity index (χ1) is 8.11. The molecule has 0 amide bonds. The normalized spacial score (nSPS) is 19.3. The van der Waals surface area contributed by atoms with E-state index in [1.165, 1.54) is 11.8 Å². The van der Waals surface area contributed by atoms with Crippen LogP contribution in [0.3, 0.4) is 0 Å². The van der Waals surface area contributed by atoms with Gasteiger partial charge in [0.1, 0.15) is 0 Å². The fourth-order valence-electron chi connectivity index (χ4n) is 1.43. The molecule has 92 valence electrons. The lowest BCUT2D eigenvalue weighted by atomic mass is 10.3. The molecule has 1 aromatic rings. The first kappa shape index (κ1) is 12.3. The Morgan fingerprint density at radius 2 is 2.12 bits per heavy atom. The van der Waals surface area contributed by atoms with E-state index in [9.17, 15) is 13.2 Å². The van der Waals surface area contributed by atoms with Crippen molar-refractivity contribution >= 4 is 22.6 Å². The van der Waals surface area contributed by atoms with Gasteiger partial charge in [0.25, 0.3) is 0 Å². The van der Waals surface area contributed by atoms with Crippen molar-refractivity contribution in [1.82, 2.24) is 0 Å². The molecule has 1 atom stereocenters. The number of nitrogens with one attached hydrogen (secondary N) is 1. The Hall–Kier alpha value is -1.17. The third-order valence-electron chi connectivity index (χ3n) is 2.46. The van der Waals surface area contributed by atoms with E-state index in [0.717, 1.165) is 24.3 Å². The molecule has 0 aliphatic carbocycles. The lowest BCUT2D eigenvalue weighted by Crippen LogP contribution is -2.08. The zero-order valence-electron chi connectivity index (χ0n) is 9.14. The maximum absolute atomic E-state index is 13.4. The van der Waals surface area contributed by atoms with E-state index in [2.05, 4.69) is 10.3 Å². The lowest BCUT2D eigenvalue weighted by Gasteiger charge is -2.06. The van der Waals surface area contributed by atoms with Crippen LogP contribution in [0.15, 0.2) is 17.1 Å². The molecule has 0 saturated heterocycles. The molecular weight excluding hydrogens is 249 g/mol. The first-order valence-electron chi connectivity index (χ1n) is 5.23. The summed E-state index contributed by atoms with van der Waals surface area (Å²) in [7, 11) is 0. The molecule has 0 aromatic heterocycles. The SMILES string of the molecule is CCC1CSC(Nc2ccc(F)c(F)c2F)=N1. The predicted octanol–water partition coefficient (Wildman–Crippen LogP) is 3.40. The van der Waals surface area contributed by atoms with Gasteiger partial charge in [-0.1, -0.05) is 18.7 Å². The van der Waals surface area contributed by atoms with E-state index < -0.39 is 17.5 Å². The molecule has 2 nitrogen and oxygen atoms in total. The van der Waals surface area contributed by atoms with Crippen LogP contribution in [0.2, 0.25) is 0 Å². The molecule has 1 unspecified atom stereocenters. The number of hydrogen-bond acceptors (Lipinski definition) is 3. The summed E-state index contributed by atoms with van der Waals surface area (Å²) >= 11 is 1.44. The maximum atomic E-state index is 13.4. The Labute approximate surface area is 101 Å². The van der Waals surface area contributed by atoms with Crippen molar-refractivity contribution in [1.29, 1.82) is 0 Å². The van der Waals surface area contributed by atoms with E-state index in [1.54, 1.807) is 0 Å². The number of halogens is 3. The second-order valence-corrected chi connectivity index (χ2v) is 4.66. The highest BCUT2D eigenvalue weighted by Crippen LogP contribution is 2.25. The van der Waals surface area contributed by atoms with E-state index >= 15 is 0 Å². The minimum absolute atomic E-state index is 0.0908. The standard InChI is InChI=1S/C11H11F3N2S/c1-2-6-5-17-11(15-6)16-8-4-3-7(12)9(13)10(8)14/h3-4,6H,2,5H2,1H3,(H,15,16). The number of rotatable bonds is 2. The Kier molecular flexibility index (Phi) is 3.61. The van der Waals surface area contributed by atoms with Crippen LogP contribution in [-0.2, 0) is 0 Å². The minimum atomic E-state index is -1.47. The Bertz CT molecular complexity index is 462. The topological polar surface area (TPSA) is 24.4 Å². The zero-order chi connectivity index (χ0) is 12.4. The van der Waals surface area contributed by atoms with Crippen molar-refractivity contribution in [2.24, 2.45) is 4.99 Å². The summed E-state index contributed by atoms with van der Waals surface area (Å²) < 4.78 is 39.0. The summed E-state index contributed by atoms with van der Waals surface area (Å²) in [5.41, 5.74) is -0.0908. The van der Waals surface area contributed by atoms with Crippen LogP contribution >= 0.6 is 11.8 Å². The lowest BCUT2D eigenvalue weighted by molar-refractivity contribution is 0.449. The highest BCUT2D eigenvalue weighted by molar-refractivity contribution is 8.14. The fourth-order valence-corrected chi connectivity index (χ4v) is 2.50. The van der Waals surface area contributed by atoms with Gasteiger partial charge in [0.15, 0.2) is 22.6 Å². The van der Waals surface area contributed by atoms with Crippen molar-refractivity contribution in [3.63, 3.8) is 0 Å². The van der Waals surface area contributed by atoms with E-state index in [0.29, 0.717) is 5.17 Å². The molecule has 1 aliphatic heterocycles. The molecule has 1 N–H and O–H groups in total. The smallest absolute Gasteiger partial charge is 0.196 e. The van der Waals surface area contributed by atoms with Crippen LogP contribution in [0.5, 0.6) is 0 Å². The predicted molar refractivity (Wildman–Crippen MR) is 63.9 cm³/mol. The van der Waals surface area contributed by atoms with Crippen molar-refractivity contribution in [3.8, 4) is 0 Å². The largest absolute Gasteiger partial charge is 0.332 e. The summed E-state index contributed by atoms with van der Waals surface area (Å²) in [6, 6.07) is 2.25. The fraction of sp³-hybridized carbons (Fsp3) is 0.364. The Morgan fingerprint density at radius 1 is 1.35 bits per heavy atom. The van der Waals surface area contributed by atoms with Crippen molar-refractivity contribution in [2.45, 2.75) is 19.4 Å². The monoisotopic (exact) mass is 260 g/mol. The maximum Gasteiger partial charge on any atom is 0.196 e. The minimum Gasteiger partial charge on any atom is -0.332 e. The summed E-state index contributed by atoms with van der Waals surface area (Å²) in [5.74, 6) is -3.05. The van der Waals surface area contributed by atoms with Crippen LogP contribution in [0.4, 0.5) is 18.9 Å². The summed E-state index contributed by atoms with van der Waals surface area (Å²) in [5, 5.41) is 3.22. The molecule has 0 fully saturated rings. The average molecular weight is 260 g/mol. The average Bonchev–Trinajstić information content (AvgIpc) is 2.78. The second kappa shape index (κ2) is 5.00. The molecule has 0 bridgehead atoms. The molecule has 0 saturated carbocycles. The van der Waals surface area contributed by atoms with Crippen molar-refractivity contribution in [3.05, 3.63) is 29.6 Å². The third-order valence-corrected chi connectivity index (χ3v) is 3.49. The number of anilines is 1. The van der Waals surface area contributed by atoms with Crippen LogP contribution in [0.25, 0.3) is 0 Å². The van der Waals surface area contributed by atoms with Gasteiger partial charge in [0, 0.05) is 5.75 Å². The number of amidine groups is 1. The molecule has 2 rings (SSSR count). The highest BCUT2D eigenvalue weighted by atomic mass is 32.2. The third kappa shape index (κ3) is 2.57.